The van der Waals surface area contributed by atoms with E-state index in [0.29, 0.717) is 60.1 Å². The fourth-order valence-electron chi connectivity index (χ4n) is 4.49. The third-order valence-corrected chi connectivity index (χ3v) is 7.34. The first-order chi connectivity index (χ1) is 18.3. The summed E-state index contributed by atoms with van der Waals surface area (Å²) in [5.74, 6) is 0.276. The van der Waals surface area contributed by atoms with Crippen molar-refractivity contribution in [1.82, 2.24) is 20.3 Å². The summed E-state index contributed by atoms with van der Waals surface area (Å²) in [7, 11) is 0. The number of piperazine rings is 1. The van der Waals surface area contributed by atoms with Crippen LogP contribution in [0.3, 0.4) is 0 Å². The molecular formula is C25H27N7O5S. The quantitative estimate of drug-likeness (QED) is 0.363. The van der Waals surface area contributed by atoms with Crippen molar-refractivity contribution in [3.63, 3.8) is 0 Å². The van der Waals surface area contributed by atoms with Crippen molar-refractivity contribution in [2.24, 2.45) is 0 Å². The average molecular weight is 538 g/mol. The van der Waals surface area contributed by atoms with Crippen molar-refractivity contribution in [3.05, 3.63) is 51.5 Å². The number of ether oxygens (including phenoxy) is 1. The number of carboxylic acids is 1. The number of hydrogen-bond donors (Lipinski definition) is 3. The number of rotatable bonds is 8. The van der Waals surface area contributed by atoms with Crippen molar-refractivity contribution in [2.45, 2.75) is 26.8 Å². The summed E-state index contributed by atoms with van der Waals surface area (Å²) < 4.78 is 5.12. The summed E-state index contributed by atoms with van der Waals surface area (Å²) in [6.07, 6.45) is 0.708. The van der Waals surface area contributed by atoms with Gasteiger partial charge in [0, 0.05) is 31.7 Å². The van der Waals surface area contributed by atoms with Crippen molar-refractivity contribution < 1.29 is 24.2 Å². The van der Waals surface area contributed by atoms with Crippen LogP contribution in [0.5, 0.6) is 0 Å². The number of amides is 1. The van der Waals surface area contributed by atoms with Gasteiger partial charge in [-0.25, -0.2) is 14.6 Å². The van der Waals surface area contributed by atoms with Gasteiger partial charge in [0.1, 0.15) is 16.5 Å². The molecule has 0 unspecified atom stereocenters. The molecule has 0 bridgehead atoms. The number of aromatic carboxylic acids is 1. The summed E-state index contributed by atoms with van der Waals surface area (Å²) in [6.45, 7) is 6.34. The third kappa shape index (κ3) is 5.23. The lowest BCUT2D eigenvalue weighted by Gasteiger charge is -2.29. The molecule has 1 amide bonds. The highest BCUT2D eigenvalue weighted by Crippen LogP contribution is 2.36. The molecule has 0 aliphatic carbocycles. The number of aryl methyl sites for hydroxylation is 1. The first kappa shape index (κ1) is 25.4. The highest BCUT2D eigenvalue weighted by Gasteiger charge is 2.30. The third-order valence-electron chi connectivity index (χ3n) is 6.28. The highest BCUT2D eigenvalue weighted by molar-refractivity contribution is 7.17. The molecule has 1 aromatic carbocycles. The molecule has 5 rings (SSSR count). The van der Waals surface area contributed by atoms with Gasteiger partial charge in [-0.15, -0.1) is 0 Å². The Morgan fingerprint density at radius 3 is 2.63 bits per heavy atom. The first-order valence-electron chi connectivity index (χ1n) is 12.2. The van der Waals surface area contributed by atoms with Crippen LogP contribution in [0.2, 0.25) is 0 Å². The van der Waals surface area contributed by atoms with Crippen molar-refractivity contribution in [2.75, 3.05) is 47.9 Å². The zero-order valence-corrected chi connectivity index (χ0v) is 21.8. The van der Waals surface area contributed by atoms with Gasteiger partial charge >= 0.3 is 11.9 Å². The molecule has 13 heteroatoms. The number of carbonyl (C=O) groups is 3. The maximum atomic E-state index is 12.3. The largest absolute Gasteiger partial charge is 0.478 e. The number of thiazole rings is 1. The molecule has 2 aliphatic heterocycles. The molecule has 0 atom stereocenters. The number of fused-ring (bicyclic) bond motifs is 1. The minimum atomic E-state index is -0.967. The van der Waals surface area contributed by atoms with E-state index in [0.717, 1.165) is 16.9 Å². The fourth-order valence-corrected chi connectivity index (χ4v) is 5.35. The summed E-state index contributed by atoms with van der Waals surface area (Å²) in [5.41, 5.74) is 2.69. The molecule has 38 heavy (non-hydrogen) atoms. The van der Waals surface area contributed by atoms with Crippen LogP contribution in [0, 0.1) is 6.92 Å². The Labute approximate surface area is 222 Å². The molecule has 2 aromatic heterocycles. The molecule has 0 radical (unpaired) electrons. The van der Waals surface area contributed by atoms with E-state index in [1.54, 1.807) is 38.1 Å². The number of carbonyl (C=O) groups excluding carboxylic acids is 2. The minimum Gasteiger partial charge on any atom is -0.478 e. The Kier molecular flexibility index (Phi) is 7.09. The maximum Gasteiger partial charge on any atom is 0.350 e. The van der Waals surface area contributed by atoms with Gasteiger partial charge in [0.2, 0.25) is 11.9 Å². The SMILES string of the molecule is CCOC(=O)c1sc(Nc2nc(N3CCNC(=O)C3)c3c(n2)N(Cc2ccc(C(=O)O)cc2)CC3)nc1C. The van der Waals surface area contributed by atoms with Gasteiger partial charge in [-0.05, 0) is 38.0 Å². The number of anilines is 4. The average Bonchev–Trinajstić information content (AvgIpc) is 3.47. The standard InChI is InChI=1S/C25H27N7O5S/c1-3-37-23(36)19-14(2)27-25(38-19)30-24-28-20-17(21(29-24)32-11-9-26-18(33)13-32)8-10-31(20)12-15-4-6-16(7-5-15)22(34)35/h4-7H,3,8-13H2,1-2H3,(H,26,33)(H,34,35)(H,27,28,29,30). The van der Waals surface area contributed by atoms with E-state index in [4.69, 9.17) is 14.7 Å². The van der Waals surface area contributed by atoms with E-state index < -0.39 is 11.9 Å². The van der Waals surface area contributed by atoms with Crippen molar-refractivity contribution in [1.29, 1.82) is 0 Å². The lowest BCUT2D eigenvalue weighted by atomic mass is 10.1. The summed E-state index contributed by atoms with van der Waals surface area (Å²) in [6, 6.07) is 6.77. The molecule has 3 N–H and O–H groups in total. The van der Waals surface area contributed by atoms with Crippen LogP contribution in [0.15, 0.2) is 24.3 Å². The van der Waals surface area contributed by atoms with Crippen LogP contribution in [-0.2, 0) is 22.5 Å². The summed E-state index contributed by atoms with van der Waals surface area (Å²) in [4.78, 5) is 54.1. The normalized spacial score (nSPS) is 14.7. The molecule has 4 heterocycles. The van der Waals surface area contributed by atoms with E-state index >= 15 is 0 Å². The minimum absolute atomic E-state index is 0.0684. The van der Waals surface area contributed by atoms with Crippen molar-refractivity contribution in [3.8, 4) is 0 Å². The Morgan fingerprint density at radius 1 is 1.16 bits per heavy atom. The second kappa shape index (κ2) is 10.6. The van der Waals surface area contributed by atoms with Gasteiger partial charge in [0.25, 0.3) is 0 Å². The number of aromatic nitrogens is 3. The van der Waals surface area contributed by atoms with Gasteiger partial charge < -0.3 is 25.0 Å². The first-order valence-corrected chi connectivity index (χ1v) is 13.0. The van der Waals surface area contributed by atoms with Crippen LogP contribution in [-0.4, -0.2) is 70.7 Å². The van der Waals surface area contributed by atoms with Crippen LogP contribution in [0.25, 0.3) is 0 Å². The van der Waals surface area contributed by atoms with E-state index in [2.05, 4.69) is 20.5 Å². The zero-order valence-electron chi connectivity index (χ0n) is 21.0. The molecule has 1 fully saturated rings. The Bertz CT molecular complexity index is 1390. The fraction of sp³-hybridized carbons (Fsp3) is 0.360. The predicted molar refractivity (Wildman–Crippen MR) is 142 cm³/mol. The van der Waals surface area contributed by atoms with Crippen LogP contribution in [0.4, 0.5) is 22.7 Å². The lowest BCUT2D eigenvalue weighted by molar-refractivity contribution is -0.120. The second-order valence-corrected chi connectivity index (χ2v) is 9.90. The van der Waals surface area contributed by atoms with Crippen LogP contribution in [0.1, 0.15) is 43.8 Å². The molecule has 3 aromatic rings. The number of nitrogens with zero attached hydrogens (tertiary/aromatic N) is 5. The lowest BCUT2D eigenvalue weighted by Crippen LogP contribution is -2.48. The highest BCUT2D eigenvalue weighted by atomic mass is 32.1. The maximum absolute atomic E-state index is 12.3. The van der Waals surface area contributed by atoms with Gasteiger partial charge in [-0.1, -0.05) is 23.5 Å². The number of esters is 1. The summed E-state index contributed by atoms with van der Waals surface area (Å²) in [5, 5.41) is 15.6. The Hall–Kier alpha value is -4.26. The predicted octanol–water partition coefficient (Wildman–Crippen LogP) is 2.36. The van der Waals surface area contributed by atoms with Gasteiger partial charge in [-0.2, -0.15) is 9.97 Å². The van der Waals surface area contributed by atoms with E-state index in [1.165, 1.54) is 11.3 Å². The number of nitrogens with one attached hydrogen (secondary N) is 2. The monoisotopic (exact) mass is 537 g/mol. The zero-order chi connectivity index (χ0) is 26.8. The molecule has 1 saturated heterocycles. The second-order valence-electron chi connectivity index (χ2n) is 8.90. The Balaban J connectivity index is 1.47. The van der Waals surface area contributed by atoms with Gasteiger partial charge in [0.15, 0.2) is 5.13 Å². The molecule has 0 spiro atoms. The van der Waals surface area contributed by atoms with E-state index in [-0.39, 0.29) is 24.6 Å². The molecule has 0 saturated carbocycles. The number of hydrogen-bond acceptors (Lipinski definition) is 11. The molecule has 198 valence electrons. The van der Waals surface area contributed by atoms with Crippen LogP contribution >= 0.6 is 11.3 Å². The van der Waals surface area contributed by atoms with E-state index in [1.807, 2.05) is 4.90 Å². The topological polar surface area (TPSA) is 150 Å². The Morgan fingerprint density at radius 2 is 1.92 bits per heavy atom. The smallest absolute Gasteiger partial charge is 0.350 e. The van der Waals surface area contributed by atoms with Gasteiger partial charge in [-0.3, -0.25) is 10.1 Å². The van der Waals surface area contributed by atoms with Crippen LogP contribution < -0.4 is 20.4 Å². The molecule has 12 nitrogen and oxygen atoms in total. The van der Waals surface area contributed by atoms with E-state index in [9.17, 15) is 19.5 Å². The molecular weight excluding hydrogens is 510 g/mol. The summed E-state index contributed by atoms with van der Waals surface area (Å²) >= 11 is 1.17. The van der Waals surface area contributed by atoms with Gasteiger partial charge in [0.05, 0.1) is 24.4 Å². The number of carboxylic acid groups (broad SMARTS) is 1. The number of benzene rings is 1. The van der Waals surface area contributed by atoms with Crippen molar-refractivity contribution >= 4 is 51.9 Å². The molecule has 2 aliphatic rings.